The van der Waals surface area contributed by atoms with Gasteiger partial charge in [-0.2, -0.15) is 23.1 Å². The lowest BCUT2D eigenvalue weighted by Gasteiger charge is -2.29. The number of rotatable bonds is 6. The van der Waals surface area contributed by atoms with Gasteiger partial charge in [0, 0.05) is 18.0 Å². The first-order valence-electron chi connectivity index (χ1n) is 9.54. The molecule has 31 heavy (non-hydrogen) atoms. The quantitative estimate of drug-likeness (QED) is 0.523. The number of hydrogen-bond acceptors (Lipinski definition) is 9. The molecule has 0 bridgehead atoms. The van der Waals surface area contributed by atoms with Crippen LogP contribution in [0.1, 0.15) is 29.9 Å². The second-order valence-corrected chi connectivity index (χ2v) is 8.00. The van der Waals surface area contributed by atoms with E-state index in [-0.39, 0.29) is 38.1 Å². The highest BCUT2D eigenvalue weighted by atomic mass is 32.1. The smallest absolute Gasteiger partial charge is 0.451 e. The predicted octanol–water partition coefficient (Wildman–Crippen LogP) is 2.83. The average Bonchev–Trinajstić information content (AvgIpc) is 3.34. The molecular weight excluding hydrogens is 437 g/mol. The first kappa shape index (κ1) is 21.3. The van der Waals surface area contributed by atoms with Crippen molar-refractivity contribution in [1.82, 2.24) is 24.7 Å². The van der Waals surface area contributed by atoms with Gasteiger partial charge in [-0.1, -0.05) is 13.3 Å². The van der Waals surface area contributed by atoms with E-state index in [0.717, 1.165) is 27.7 Å². The summed E-state index contributed by atoms with van der Waals surface area (Å²) >= 11 is 1.49. The van der Waals surface area contributed by atoms with Crippen LogP contribution in [-0.2, 0) is 35.2 Å². The van der Waals surface area contributed by atoms with Gasteiger partial charge in [0.1, 0.15) is 10.6 Å². The maximum absolute atomic E-state index is 13.1. The Morgan fingerprint density at radius 3 is 2.77 bits per heavy atom. The van der Waals surface area contributed by atoms with E-state index in [1.54, 1.807) is 0 Å². The van der Waals surface area contributed by atoms with Crippen LogP contribution in [-0.4, -0.2) is 51.0 Å². The molecule has 3 aromatic rings. The molecule has 0 unspecified atom stereocenters. The van der Waals surface area contributed by atoms with Crippen LogP contribution in [0.4, 0.5) is 19.0 Å². The molecule has 0 amide bonds. The van der Waals surface area contributed by atoms with Crippen LogP contribution in [0.3, 0.4) is 0 Å². The zero-order valence-corrected chi connectivity index (χ0v) is 17.6. The Morgan fingerprint density at radius 1 is 1.26 bits per heavy atom. The molecule has 0 atom stereocenters. The molecule has 0 aliphatic carbocycles. The zero-order chi connectivity index (χ0) is 22.2. The van der Waals surface area contributed by atoms with Gasteiger partial charge in [-0.05, 0) is 12.5 Å². The number of alkyl halides is 3. The summed E-state index contributed by atoms with van der Waals surface area (Å²) < 4.78 is 50.4. The second-order valence-electron chi connectivity index (χ2n) is 6.89. The van der Waals surface area contributed by atoms with Crippen molar-refractivity contribution >= 4 is 33.3 Å². The third-order valence-corrected chi connectivity index (χ3v) is 5.84. The number of nitrogens with zero attached hydrogens (tertiary/aromatic N) is 6. The highest BCUT2D eigenvalue weighted by molar-refractivity contribution is 7.18. The number of carbonyl (C=O) groups is 1. The van der Waals surface area contributed by atoms with E-state index in [4.69, 9.17) is 4.74 Å². The molecule has 4 rings (SSSR count). The summed E-state index contributed by atoms with van der Waals surface area (Å²) in [6, 6.07) is 1.99. The SMILES string of the molecule is CCCc1cc2c(N3CCn4c(nnc4C(F)(F)F)C3)nc(OCC(=O)OC)nc2s1. The van der Waals surface area contributed by atoms with Crippen LogP contribution in [0, 0.1) is 0 Å². The van der Waals surface area contributed by atoms with Crippen molar-refractivity contribution in [1.29, 1.82) is 0 Å². The van der Waals surface area contributed by atoms with Crippen LogP contribution >= 0.6 is 11.3 Å². The second kappa shape index (κ2) is 8.29. The standard InChI is InChI=1S/C18H19F3N6O3S/c1-3-4-10-7-11-14(22-17(23-15(11)31-10)30-9-13(28)29-2)26-5-6-27-12(8-26)24-25-16(27)18(19,20)21/h7H,3-6,8-9H2,1-2H3. The van der Waals surface area contributed by atoms with E-state index < -0.39 is 18.0 Å². The summed E-state index contributed by atoms with van der Waals surface area (Å²) in [7, 11) is 1.25. The first-order chi connectivity index (χ1) is 14.8. The lowest BCUT2D eigenvalue weighted by molar-refractivity contribution is -0.147. The van der Waals surface area contributed by atoms with E-state index >= 15 is 0 Å². The number of anilines is 1. The Labute approximate surface area is 178 Å². The fraction of sp³-hybridized carbons (Fsp3) is 0.500. The normalized spacial score (nSPS) is 14.0. The molecule has 3 aromatic heterocycles. The fourth-order valence-corrected chi connectivity index (χ4v) is 4.46. The maximum atomic E-state index is 13.1. The van der Waals surface area contributed by atoms with Gasteiger partial charge >= 0.3 is 18.2 Å². The molecule has 0 aromatic carbocycles. The van der Waals surface area contributed by atoms with Crippen molar-refractivity contribution in [3.05, 3.63) is 22.6 Å². The zero-order valence-electron chi connectivity index (χ0n) is 16.8. The summed E-state index contributed by atoms with van der Waals surface area (Å²) in [6.07, 6.45) is -2.75. The molecular formula is C18H19F3N6O3S. The third-order valence-electron chi connectivity index (χ3n) is 4.75. The molecule has 0 N–H and O–H groups in total. The Bertz CT molecular complexity index is 1110. The van der Waals surface area contributed by atoms with E-state index in [1.165, 1.54) is 18.4 Å². The number of hydrogen-bond donors (Lipinski definition) is 0. The van der Waals surface area contributed by atoms with Gasteiger partial charge in [-0.15, -0.1) is 21.5 Å². The molecule has 4 heterocycles. The van der Waals surface area contributed by atoms with Gasteiger partial charge in [0.2, 0.25) is 5.82 Å². The lowest BCUT2D eigenvalue weighted by Crippen LogP contribution is -2.36. The molecule has 0 saturated carbocycles. The van der Waals surface area contributed by atoms with Gasteiger partial charge in [-0.25, -0.2) is 4.79 Å². The molecule has 166 valence electrons. The number of aryl methyl sites for hydroxylation is 1. The summed E-state index contributed by atoms with van der Waals surface area (Å²) in [5.41, 5.74) is 0. The van der Waals surface area contributed by atoms with Crippen LogP contribution in [0.2, 0.25) is 0 Å². The molecule has 13 heteroatoms. The van der Waals surface area contributed by atoms with Gasteiger partial charge in [0.15, 0.2) is 12.4 Å². The van der Waals surface area contributed by atoms with Crippen LogP contribution in [0.15, 0.2) is 6.07 Å². The molecule has 0 saturated heterocycles. The van der Waals surface area contributed by atoms with Gasteiger partial charge in [0.25, 0.3) is 0 Å². The molecule has 1 aliphatic heterocycles. The summed E-state index contributed by atoms with van der Waals surface area (Å²) in [6.45, 7) is 2.16. The number of carbonyl (C=O) groups excluding carboxylic acids is 1. The average molecular weight is 456 g/mol. The Balaban J connectivity index is 1.69. The molecule has 0 fully saturated rings. The molecule has 0 radical (unpaired) electrons. The van der Waals surface area contributed by atoms with Crippen LogP contribution in [0.25, 0.3) is 10.2 Å². The molecule has 0 spiro atoms. The van der Waals surface area contributed by atoms with Crippen LogP contribution < -0.4 is 9.64 Å². The van der Waals surface area contributed by atoms with Crippen molar-refractivity contribution in [2.45, 2.75) is 39.0 Å². The van der Waals surface area contributed by atoms with E-state index in [2.05, 4.69) is 31.8 Å². The number of esters is 1. The van der Waals surface area contributed by atoms with Gasteiger partial charge < -0.3 is 18.9 Å². The minimum absolute atomic E-state index is 0.000759. The largest absolute Gasteiger partial charge is 0.466 e. The van der Waals surface area contributed by atoms with E-state index in [1.807, 2.05) is 11.0 Å². The van der Waals surface area contributed by atoms with Crippen molar-refractivity contribution in [3.8, 4) is 6.01 Å². The minimum Gasteiger partial charge on any atom is -0.466 e. The maximum Gasteiger partial charge on any atom is 0.451 e. The van der Waals surface area contributed by atoms with Gasteiger partial charge in [0.05, 0.1) is 19.0 Å². The number of fused-ring (bicyclic) bond motifs is 2. The monoisotopic (exact) mass is 456 g/mol. The lowest BCUT2D eigenvalue weighted by atomic mass is 10.2. The summed E-state index contributed by atoms with van der Waals surface area (Å²) in [4.78, 5) is 23.9. The Kier molecular flexibility index (Phi) is 5.69. The van der Waals surface area contributed by atoms with Crippen molar-refractivity contribution in [2.24, 2.45) is 0 Å². The molecule has 9 nitrogen and oxygen atoms in total. The van der Waals surface area contributed by atoms with E-state index in [0.29, 0.717) is 10.6 Å². The topological polar surface area (TPSA) is 95.3 Å². The predicted molar refractivity (Wildman–Crippen MR) is 105 cm³/mol. The van der Waals surface area contributed by atoms with Crippen molar-refractivity contribution in [3.63, 3.8) is 0 Å². The number of thiophene rings is 1. The number of ether oxygens (including phenoxy) is 2. The molecule has 1 aliphatic rings. The van der Waals surface area contributed by atoms with Crippen molar-refractivity contribution in [2.75, 3.05) is 25.2 Å². The minimum atomic E-state index is -4.56. The van der Waals surface area contributed by atoms with Gasteiger partial charge in [-0.3, -0.25) is 0 Å². The van der Waals surface area contributed by atoms with Crippen LogP contribution in [0.5, 0.6) is 6.01 Å². The third kappa shape index (κ3) is 4.27. The number of halogens is 3. The highest BCUT2D eigenvalue weighted by Crippen LogP contribution is 2.35. The number of aromatic nitrogens is 5. The Morgan fingerprint density at radius 2 is 2.06 bits per heavy atom. The Hall–Kier alpha value is -2.96. The first-order valence-corrected chi connectivity index (χ1v) is 10.4. The summed E-state index contributed by atoms with van der Waals surface area (Å²) in [5, 5.41) is 7.82. The van der Waals surface area contributed by atoms with E-state index in [9.17, 15) is 18.0 Å². The fourth-order valence-electron chi connectivity index (χ4n) is 3.34. The highest BCUT2D eigenvalue weighted by Gasteiger charge is 2.39. The summed E-state index contributed by atoms with van der Waals surface area (Å²) in [5.74, 6) is -0.857. The van der Waals surface area contributed by atoms with Crippen molar-refractivity contribution < 1.29 is 27.4 Å². The number of methoxy groups -OCH3 is 1.